The highest BCUT2D eigenvalue weighted by molar-refractivity contribution is 5.89. The molecular formula is C15H12O3. The Morgan fingerprint density at radius 2 is 1.89 bits per heavy atom. The number of hydrogen-bond acceptors (Lipinski definition) is 3. The van der Waals surface area contributed by atoms with Crippen molar-refractivity contribution in [2.45, 2.75) is 6.10 Å². The Morgan fingerprint density at radius 3 is 2.72 bits per heavy atom. The molecule has 0 fully saturated rings. The Bertz CT molecular complexity index is 638. The summed E-state index contributed by atoms with van der Waals surface area (Å²) in [6.45, 7) is 0. The molecule has 0 N–H and O–H groups in total. The molecule has 3 heteroatoms. The summed E-state index contributed by atoms with van der Waals surface area (Å²) in [6.07, 6.45) is 0.959. The molecule has 0 bridgehead atoms. The van der Waals surface area contributed by atoms with Gasteiger partial charge in [-0.1, -0.05) is 42.5 Å². The maximum Gasteiger partial charge on any atom is 0.335 e. The Hall–Kier alpha value is -2.29. The van der Waals surface area contributed by atoms with Crippen molar-refractivity contribution in [3.63, 3.8) is 0 Å². The first-order valence-electron chi connectivity index (χ1n) is 5.73. The number of carbonyl (C=O) groups is 1. The van der Waals surface area contributed by atoms with Crippen LogP contribution in [0, 0.1) is 0 Å². The third kappa shape index (κ3) is 1.64. The molecule has 0 spiro atoms. The Kier molecular flexibility index (Phi) is 2.52. The SMILES string of the molecule is COC1=CC(=O)OC1c1cccc2ccccc12. The van der Waals surface area contributed by atoms with E-state index in [1.165, 1.54) is 6.08 Å². The van der Waals surface area contributed by atoms with E-state index in [0.717, 1.165) is 16.3 Å². The van der Waals surface area contributed by atoms with Gasteiger partial charge in [0.2, 0.25) is 0 Å². The summed E-state index contributed by atoms with van der Waals surface area (Å²) in [6, 6.07) is 14.0. The first-order chi connectivity index (χ1) is 8.79. The standard InChI is InChI=1S/C15H12O3/c1-17-13-9-14(16)18-15(13)12-8-4-6-10-5-2-3-7-11(10)12/h2-9,15H,1H3. The summed E-state index contributed by atoms with van der Waals surface area (Å²) < 4.78 is 10.5. The minimum atomic E-state index is -0.436. The molecule has 1 atom stereocenters. The molecule has 0 aromatic heterocycles. The van der Waals surface area contributed by atoms with Crippen LogP contribution in [0.3, 0.4) is 0 Å². The van der Waals surface area contributed by atoms with Crippen LogP contribution in [0.5, 0.6) is 0 Å². The van der Waals surface area contributed by atoms with Gasteiger partial charge in [0.1, 0.15) is 5.76 Å². The Balaban J connectivity index is 2.15. The topological polar surface area (TPSA) is 35.5 Å². The molecule has 0 aliphatic carbocycles. The van der Waals surface area contributed by atoms with E-state index in [1.807, 2.05) is 42.5 Å². The van der Waals surface area contributed by atoms with Gasteiger partial charge < -0.3 is 9.47 Å². The normalized spacial score (nSPS) is 18.6. The fourth-order valence-corrected chi connectivity index (χ4v) is 2.26. The number of methoxy groups -OCH3 is 1. The van der Waals surface area contributed by atoms with Gasteiger partial charge in [0.25, 0.3) is 0 Å². The smallest absolute Gasteiger partial charge is 0.335 e. The zero-order chi connectivity index (χ0) is 12.5. The van der Waals surface area contributed by atoms with Gasteiger partial charge in [-0.15, -0.1) is 0 Å². The summed E-state index contributed by atoms with van der Waals surface area (Å²) in [5, 5.41) is 2.19. The minimum absolute atomic E-state index is 0.357. The van der Waals surface area contributed by atoms with E-state index >= 15 is 0 Å². The van der Waals surface area contributed by atoms with Crippen LogP contribution in [-0.2, 0) is 14.3 Å². The largest absolute Gasteiger partial charge is 0.496 e. The van der Waals surface area contributed by atoms with E-state index in [0.29, 0.717) is 5.76 Å². The third-order valence-corrected chi connectivity index (χ3v) is 3.09. The summed E-state index contributed by atoms with van der Waals surface area (Å²) in [5.74, 6) is 0.195. The highest BCUT2D eigenvalue weighted by atomic mass is 16.6. The van der Waals surface area contributed by atoms with E-state index in [4.69, 9.17) is 9.47 Å². The number of carbonyl (C=O) groups excluding carboxylic acids is 1. The minimum Gasteiger partial charge on any atom is -0.496 e. The highest BCUT2D eigenvalue weighted by Gasteiger charge is 2.29. The average molecular weight is 240 g/mol. The lowest BCUT2D eigenvalue weighted by atomic mass is 10.00. The maximum absolute atomic E-state index is 11.4. The number of cyclic esters (lactones) is 1. The lowest BCUT2D eigenvalue weighted by molar-refractivity contribution is -0.139. The molecule has 90 valence electrons. The molecule has 3 nitrogen and oxygen atoms in total. The van der Waals surface area contributed by atoms with Crippen LogP contribution >= 0.6 is 0 Å². The summed E-state index contributed by atoms with van der Waals surface area (Å²) >= 11 is 0. The lowest BCUT2D eigenvalue weighted by Gasteiger charge is -2.15. The van der Waals surface area contributed by atoms with Gasteiger partial charge in [0.05, 0.1) is 13.2 Å². The van der Waals surface area contributed by atoms with Gasteiger partial charge in [-0.2, -0.15) is 0 Å². The second-order valence-corrected chi connectivity index (χ2v) is 4.14. The highest BCUT2D eigenvalue weighted by Crippen LogP contribution is 2.35. The van der Waals surface area contributed by atoms with Gasteiger partial charge in [0, 0.05) is 5.56 Å². The van der Waals surface area contributed by atoms with Crippen LogP contribution in [0.25, 0.3) is 10.8 Å². The van der Waals surface area contributed by atoms with Crippen molar-refractivity contribution in [2.75, 3.05) is 7.11 Å². The zero-order valence-electron chi connectivity index (χ0n) is 9.92. The first-order valence-corrected chi connectivity index (χ1v) is 5.73. The maximum atomic E-state index is 11.4. The molecule has 18 heavy (non-hydrogen) atoms. The molecule has 0 saturated heterocycles. The van der Waals surface area contributed by atoms with Crippen LogP contribution < -0.4 is 0 Å². The average Bonchev–Trinajstić information content (AvgIpc) is 2.79. The van der Waals surface area contributed by atoms with Crippen LogP contribution in [0.1, 0.15) is 11.7 Å². The van der Waals surface area contributed by atoms with Gasteiger partial charge in [-0.05, 0) is 10.8 Å². The first kappa shape index (κ1) is 10.8. The van der Waals surface area contributed by atoms with E-state index in [1.54, 1.807) is 7.11 Å². The molecule has 1 aliphatic heterocycles. The molecule has 3 rings (SSSR count). The van der Waals surface area contributed by atoms with Crippen LogP contribution in [-0.4, -0.2) is 13.1 Å². The van der Waals surface area contributed by atoms with Crippen molar-refractivity contribution in [1.82, 2.24) is 0 Å². The van der Waals surface area contributed by atoms with Gasteiger partial charge in [-0.3, -0.25) is 0 Å². The number of ether oxygens (including phenoxy) is 2. The van der Waals surface area contributed by atoms with Crippen molar-refractivity contribution < 1.29 is 14.3 Å². The van der Waals surface area contributed by atoms with Gasteiger partial charge >= 0.3 is 5.97 Å². The van der Waals surface area contributed by atoms with E-state index in [2.05, 4.69) is 0 Å². The molecule has 2 aromatic carbocycles. The molecule has 0 amide bonds. The van der Waals surface area contributed by atoms with E-state index in [9.17, 15) is 4.79 Å². The fourth-order valence-electron chi connectivity index (χ4n) is 2.26. The zero-order valence-corrected chi connectivity index (χ0v) is 9.92. The molecule has 0 radical (unpaired) electrons. The number of hydrogen-bond donors (Lipinski definition) is 0. The van der Waals surface area contributed by atoms with Crippen molar-refractivity contribution in [1.29, 1.82) is 0 Å². The third-order valence-electron chi connectivity index (χ3n) is 3.09. The lowest BCUT2D eigenvalue weighted by Crippen LogP contribution is -2.04. The fraction of sp³-hybridized carbons (Fsp3) is 0.133. The quantitative estimate of drug-likeness (QED) is 0.757. The number of rotatable bonds is 2. The molecule has 0 saturated carbocycles. The molecular weight excluding hydrogens is 228 g/mol. The van der Waals surface area contributed by atoms with Gasteiger partial charge in [0.15, 0.2) is 6.10 Å². The molecule has 1 unspecified atom stereocenters. The molecule has 1 heterocycles. The monoisotopic (exact) mass is 240 g/mol. The summed E-state index contributed by atoms with van der Waals surface area (Å²) in [4.78, 5) is 11.4. The van der Waals surface area contributed by atoms with Crippen LogP contribution in [0.15, 0.2) is 54.3 Å². The van der Waals surface area contributed by atoms with Crippen LogP contribution in [0.4, 0.5) is 0 Å². The van der Waals surface area contributed by atoms with Crippen molar-refractivity contribution in [2.24, 2.45) is 0 Å². The second-order valence-electron chi connectivity index (χ2n) is 4.14. The van der Waals surface area contributed by atoms with Crippen molar-refractivity contribution in [3.8, 4) is 0 Å². The van der Waals surface area contributed by atoms with Crippen LogP contribution in [0.2, 0.25) is 0 Å². The Labute approximate surface area is 105 Å². The van der Waals surface area contributed by atoms with Crippen molar-refractivity contribution >= 4 is 16.7 Å². The number of benzene rings is 2. The van der Waals surface area contributed by atoms with E-state index in [-0.39, 0.29) is 5.97 Å². The summed E-state index contributed by atoms with van der Waals surface area (Å²) in [7, 11) is 1.55. The summed E-state index contributed by atoms with van der Waals surface area (Å²) in [5.41, 5.74) is 0.951. The number of fused-ring (bicyclic) bond motifs is 1. The van der Waals surface area contributed by atoms with Gasteiger partial charge in [-0.25, -0.2) is 4.79 Å². The predicted octanol–water partition coefficient (Wildman–Crippen LogP) is 2.97. The molecule has 2 aromatic rings. The van der Waals surface area contributed by atoms with E-state index < -0.39 is 6.10 Å². The second kappa shape index (κ2) is 4.18. The Morgan fingerprint density at radius 1 is 1.11 bits per heavy atom. The molecule has 1 aliphatic rings. The number of esters is 1. The van der Waals surface area contributed by atoms with Crippen molar-refractivity contribution in [3.05, 3.63) is 59.9 Å². The predicted molar refractivity (Wildman–Crippen MR) is 67.9 cm³/mol.